The zero-order valence-corrected chi connectivity index (χ0v) is 11.8. The number of hydrogen-bond donors (Lipinski definition) is 0. The summed E-state index contributed by atoms with van der Waals surface area (Å²) < 4.78 is 18.6. The molecule has 1 saturated heterocycles. The maximum Gasteiger partial charge on any atom is 0.248 e. The molecule has 1 aliphatic heterocycles. The molecular formula is C14H18FNO2S. The van der Waals surface area contributed by atoms with Gasteiger partial charge in [-0.2, -0.15) is 11.8 Å². The third kappa shape index (κ3) is 3.70. The van der Waals surface area contributed by atoms with E-state index in [9.17, 15) is 9.18 Å². The summed E-state index contributed by atoms with van der Waals surface area (Å²) in [7, 11) is 1.52. The van der Waals surface area contributed by atoms with Crippen molar-refractivity contribution >= 4 is 17.7 Å². The van der Waals surface area contributed by atoms with Crippen molar-refractivity contribution in [3.63, 3.8) is 0 Å². The Labute approximate surface area is 117 Å². The van der Waals surface area contributed by atoms with E-state index in [-0.39, 0.29) is 23.6 Å². The topological polar surface area (TPSA) is 29.5 Å². The first-order chi connectivity index (χ1) is 9.22. The molecule has 1 heterocycles. The van der Waals surface area contributed by atoms with Crippen molar-refractivity contribution in [1.82, 2.24) is 4.90 Å². The van der Waals surface area contributed by atoms with Crippen LogP contribution in [0.25, 0.3) is 0 Å². The van der Waals surface area contributed by atoms with Crippen LogP contribution in [0, 0.1) is 5.82 Å². The van der Waals surface area contributed by atoms with Crippen LogP contribution in [-0.2, 0) is 9.53 Å². The van der Waals surface area contributed by atoms with Gasteiger partial charge in [0.1, 0.15) is 12.4 Å². The monoisotopic (exact) mass is 283 g/mol. The second-order valence-corrected chi connectivity index (χ2v) is 5.79. The Kier molecular flexibility index (Phi) is 5.22. The Morgan fingerprint density at radius 1 is 1.47 bits per heavy atom. The molecule has 2 rings (SSSR count). The van der Waals surface area contributed by atoms with Gasteiger partial charge in [0.2, 0.25) is 5.91 Å². The number of carbonyl (C=O) groups is 1. The molecule has 0 bridgehead atoms. The molecule has 0 N–H and O–H groups in total. The number of nitrogens with zero attached hydrogens (tertiary/aromatic N) is 1. The highest BCUT2D eigenvalue weighted by atomic mass is 32.2. The van der Waals surface area contributed by atoms with Gasteiger partial charge < -0.3 is 9.64 Å². The van der Waals surface area contributed by atoms with Gasteiger partial charge in [-0.15, -0.1) is 0 Å². The lowest BCUT2D eigenvalue weighted by Crippen LogP contribution is -2.35. The minimum atomic E-state index is -0.156. The standard InChI is InChI=1S/C14H18FNO2S/c1-18-10-14(17)16-7-6-13(19-9-8-16)11-4-2-3-5-12(11)15/h2-5,13H,6-10H2,1H3/t13-/m0/s1. The highest BCUT2D eigenvalue weighted by Crippen LogP contribution is 2.35. The van der Waals surface area contributed by atoms with E-state index >= 15 is 0 Å². The molecule has 19 heavy (non-hydrogen) atoms. The van der Waals surface area contributed by atoms with E-state index in [2.05, 4.69) is 0 Å². The molecule has 0 aromatic heterocycles. The predicted octanol–water partition coefficient (Wildman–Crippen LogP) is 2.48. The number of halogens is 1. The first-order valence-electron chi connectivity index (χ1n) is 6.35. The van der Waals surface area contributed by atoms with Crippen molar-refractivity contribution in [3.8, 4) is 0 Å². The first-order valence-corrected chi connectivity index (χ1v) is 7.40. The maximum atomic E-state index is 13.8. The molecule has 0 radical (unpaired) electrons. The summed E-state index contributed by atoms with van der Waals surface area (Å²) in [6.07, 6.45) is 0.779. The molecule has 0 aliphatic carbocycles. The summed E-state index contributed by atoms with van der Waals surface area (Å²) in [5.41, 5.74) is 0.744. The van der Waals surface area contributed by atoms with Crippen LogP contribution >= 0.6 is 11.8 Å². The quantitative estimate of drug-likeness (QED) is 0.853. The lowest BCUT2D eigenvalue weighted by Gasteiger charge is -2.19. The summed E-state index contributed by atoms with van der Waals surface area (Å²) in [4.78, 5) is 13.6. The Morgan fingerprint density at radius 3 is 3.00 bits per heavy atom. The average Bonchev–Trinajstić information content (AvgIpc) is 2.65. The molecule has 0 spiro atoms. The van der Waals surface area contributed by atoms with Gasteiger partial charge in [-0.1, -0.05) is 18.2 Å². The number of methoxy groups -OCH3 is 1. The molecular weight excluding hydrogens is 265 g/mol. The fourth-order valence-corrected chi connectivity index (χ4v) is 3.47. The molecule has 1 aliphatic rings. The number of hydrogen-bond acceptors (Lipinski definition) is 3. The summed E-state index contributed by atoms with van der Waals surface area (Å²) in [6, 6.07) is 6.89. The summed E-state index contributed by atoms with van der Waals surface area (Å²) >= 11 is 1.72. The van der Waals surface area contributed by atoms with Crippen molar-refractivity contribution in [3.05, 3.63) is 35.6 Å². The van der Waals surface area contributed by atoms with Crippen LogP contribution in [0.3, 0.4) is 0 Å². The Hall–Kier alpha value is -1.07. The smallest absolute Gasteiger partial charge is 0.248 e. The van der Waals surface area contributed by atoms with Crippen molar-refractivity contribution in [2.45, 2.75) is 11.7 Å². The number of benzene rings is 1. The average molecular weight is 283 g/mol. The van der Waals surface area contributed by atoms with Gasteiger partial charge >= 0.3 is 0 Å². The van der Waals surface area contributed by atoms with E-state index in [0.29, 0.717) is 13.1 Å². The fraction of sp³-hybridized carbons (Fsp3) is 0.500. The first kappa shape index (κ1) is 14.3. The summed E-state index contributed by atoms with van der Waals surface area (Å²) in [6.45, 7) is 1.49. The molecule has 1 aromatic rings. The molecule has 1 amide bonds. The van der Waals surface area contributed by atoms with Crippen molar-refractivity contribution in [2.24, 2.45) is 0 Å². The molecule has 104 valence electrons. The summed E-state index contributed by atoms with van der Waals surface area (Å²) in [5.74, 6) is 0.683. The Bertz CT molecular complexity index is 441. The second kappa shape index (κ2) is 6.91. The third-order valence-electron chi connectivity index (χ3n) is 3.21. The molecule has 1 atom stereocenters. The Morgan fingerprint density at radius 2 is 2.26 bits per heavy atom. The van der Waals surface area contributed by atoms with E-state index in [1.807, 2.05) is 12.1 Å². The number of rotatable bonds is 3. The van der Waals surface area contributed by atoms with E-state index in [1.54, 1.807) is 22.7 Å². The Balaban J connectivity index is 2.01. The van der Waals surface area contributed by atoms with Crippen LogP contribution < -0.4 is 0 Å². The van der Waals surface area contributed by atoms with Gasteiger partial charge in [0, 0.05) is 36.8 Å². The lowest BCUT2D eigenvalue weighted by molar-refractivity contribution is -0.134. The number of thioether (sulfide) groups is 1. The maximum absolute atomic E-state index is 13.8. The van der Waals surface area contributed by atoms with Crippen LogP contribution in [0.1, 0.15) is 17.2 Å². The number of amides is 1. The van der Waals surface area contributed by atoms with Crippen molar-refractivity contribution < 1.29 is 13.9 Å². The molecule has 1 fully saturated rings. The highest BCUT2D eigenvalue weighted by Gasteiger charge is 2.23. The normalized spacial score (nSPS) is 20.1. The zero-order chi connectivity index (χ0) is 13.7. The SMILES string of the molecule is COCC(=O)N1CCS[C@H](c2ccccc2F)CC1. The van der Waals surface area contributed by atoms with Gasteiger partial charge in [-0.05, 0) is 12.5 Å². The number of ether oxygens (including phenoxy) is 1. The van der Waals surface area contributed by atoms with Gasteiger partial charge in [0.05, 0.1) is 0 Å². The second-order valence-electron chi connectivity index (χ2n) is 4.48. The number of carbonyl (C=O) groups excluding carboxylic acids is 1. The van der Waals surface area contributed by atoms with Gasteiger partial charge in [-0.25, -0.2) is 4.39 Å². The zero-order valence-electron chi connectivity index (χ0n) is 11.0. The molecule has 5 heteroatoms. The summed E-state index contributed by atoms with van der Waals surface area (Å²) in [5, 5.41) is 0.126. The van der Waals surface area contributed by atoms with Gasteiger partial charge in [-0.3, -0.25) is 4.79 Å². The molecule has 0 unspecified atom stereocenters. The highest BCUT2D eigenvalue weighted by molar-refractivity contribution is 7.99. The molecule has 1 aromatic carbocycles. The minimum Gasteiger partial charge on any atom is -0.375 e. The molecule has 0 saturated carbocycles. The van der Waals surface area contributed by atoms with Crippen molar-refractivity contribution in [1.29, 1.82) is 0 Å². The van der Waals surface area contributed by atoms with E-state index < -0.39 is 0 Å². The van der Waals surface area contributed by atoms with Crippen LogP contribution in [0.15, 0.2) is 24.3 Å². The third-order valence-corrected chi connectivity index (χ3v) is 4.52. The van der Waals surface area contributed by atoms with Gasteiger partial charge in [0.25, 0.3) is 0 Å². The van der Waals surface area contributed by atoms with E-state index in [0.717, 1.165) is 17.7 Å². The van der Waals surface area contributed by atoms with E-state index in [4.69, 9.17) is 4.74 Å². The van der Waals surface area contributed by atoms with Gasteiger partial charge in [0.15, 0.2) is 0 Å². The largest absolute Gasteiger partial charge is 0.375 e. The van der Waals surface area contributed by atoms with E-state index in [1.165, 1.54) is 13.2 Å². The van der Waals surface area contributed by atoms with Crippen molar-refractivity contribution in [2.75, 3.05) is 32.6 Å². The van der Waals surface area contributed by atoms with Crippen LogP contribution in [-0.4, -0.2) is 43.4 Å². The van der Waals surface area contributed by atoms with Crippen LogP contribution in [0.2, 0.25) is 0 Å². The minimum absolute atomic E-state index is 0.0114. The van der Waals surface area contributed by atoms with Crippen LogP contribution in [0.4, 0.5) is 4.39 Å². The fourth-order valence-electron chi connectivity index (χ4n) is 2.22. The van der Waals surface area contributed by atoms with Crippen LogP contribution in [0.5, 0.6) is 0 Å². The lowest BCUT2D eigenvalue weighted by atomic mass is 10.1. The predicted molar refractivity (Wildman–Crippen MR) is 74.7 cm³/mol. The molecule has 3 nitrogen and oxygen atoms in total.